The summed E-state index contributed by atoms with van der Waals surface area (Å²) < 4.78 is 10.0. The van der Waals surface area contributed by atoms with Gasteiger partial charge < -0.3 is 14.4 Å². The fraction of sp³-hybridized carbons (Fsp3) is 0.667. The number of nitrogens with zero attached hydrogens (tertiary/aromatic N) is 5. The van der Waals surface area contributed by atoms with Crippen LogP contribution in [0.15, 0.2) is 0 Å². The number of hydrogen-bond donors (Lipinski definition) is 0. The Morgan fingerprint density at radius 2 is 1.74 bits per heavy atom. The molecule has 0 aliphatic rings. The normalized spacial score (nSPS) is 10.1. The summed E-state index contributed by atoms with van der Waals surface area (Å²) in [5, 5.41) is 8.72. The van der Waals surface area contributed by atoms with E-state index in [-0.39, 0.29) is 12.0 Å². The molecule has 104 valence electrons. The van der Waals surface area contributed by atoms with Crippen molar-refractivity contribution in [1.29, 1.82) is 5.26 Å². The molecule has 0 aliphatic carbocycles. The van der Waals surface area contributed by atoms with Gasteiger partial charge in [-0.25, -0.2) is 0 Å². The summed E-state index contributed by atoms with van der Waals surface area (Å²) in [6, 6.07) is 2.53. The number of hydrogen-bond acceptors (Lipinski definition) is 7. The minimum Gasteiger partial charge on any atom is -0.467 e. The SMILES string of the molecule is COc1nc(OC)nc(N(CCC#N)CC(C)C)n1. The highest BCUT2D eigenvalue weighted by molar-refractivity contribution is 5.32. The van der Waals surface area contributed by atoms with Crippen molar-refractivity contribution in [3.05, 3.63) is 0 Å². The Balaban J connectivity index is 3.02. The van der Waals surface area contributed by atoms with Gasteiger partial charge in [0.05, 0.1) is 26.7 Å². The molecule has 0 aromatic carbocycles. The minimum absolute atomic E-state index is 0.201. The quantitative estimate of drug-likeness (QED) is 0.733. The maximum atomic E-state index is 8.72. The fourth-order valence-corrected chi connectivity index (χ4v) is 1.55. The molecule has 0 atom stereocenters. The molecule has 0 saturated heterocycles. The Bertz CT molecular complexity index is 422. The third-order valence-corrected chi connectivity index (χ3v) is 2.31. The Morgan fingerprint density at radius 3 is 2.16 bits per heavy atom. The molecule has 1 aromatic heterocycles. The molecule has 0 spiro atoms. The van der Waals surface area contributed by atoms with Gasteiger partial charge in [-0.15, -0.1) is 4.98 Å². The van der Waals surface area contributed by atoms with Crippen molar-refractivity contribution in [3.8, 4) is 18.1 Å². The monoisotopic (exact) mass is 265 g/mol. The fourth-order valence-electron chi connectivity index (χ4n) is 1.55. The molecular formula is C12H19N5O2. The van der Waals surface area contributed by atoms with Crippen molar-refractivity contribution in [3.63, 3.8) is 0 Å². The van der Waals surface area contributed by atoms with Gasteiger partial charge in [-0.2, -0.15) is 15.2 Å². The van der Waals surface area contributed by atoms with Crippen LogP contribution in [0, 0.1) is 17.2 Å². The van der Waals surface area contributed by atoms with Gasteiger partial charge in [0.2, 0.25) is 5.95 Å². The Kier molecular flexibility index (Phi) is 5.79. The highest BCUT2D eigenvalue weighted by Crippen LogP contribution is 2.17. The second kappa shape index (κ2) is 7.36. The standard InChI is InChI=1S/C12H19N5O2/c1-9(2)8-17(7-5-6-13)10-14-11(18-3)16-12(15-10)19-4/h9H,5,7-8H2,1-4H3. The predicted octanol–water partition coefficient (Wildman–Crippen LogP) is 1.26. The van der Waals surface area contributed by atoms with Crippen LogP contribution in [0.4, 0.5) is 5.95 Å². The van der Waals surface area contributed by atoms with Crippen LogP contribution in [0.3, 0.4) is 0 Å². The van der Waals surface area contributed by atoms with Crippen LogP contribution in [0.2, 0.25) is 0 Å². The van der Waals surface area contributed by atoms with E-state index in [4.69, 9.17) is 14.7 Å². The topological polar surface area (TPSA) is 84.2 Å². The van der Waals surface area contributed by atoms with Crippen molar-refractivity contribution in [2.24, 2.45) is 5.92 Å². The molecule has 0 radical (unpaired) electrons. The molecule has 0 fully saturated rings. The number of ether oxygens (including phenoxy) is 2. The summed E-state index contributed by atoms with van der Waals surface area (Å²) in [5.41, 5.74) is 0. The van der Waals surface area contributed by atoms with E-state index in [1.807, 2.05) is 4.90 Å². The van der Waals surface area contributed by atoms with E-state index >= 15 is 0 Å². The van der Waals surface area contributed by atoms with Crippen LogP contribution < -0.4 is 14.4 Å². The minimum atomic E-state index is 0.201. The van der Waals surface area contributed by atoms with Crippen LogP contribution in [0.5, 0.6) is 12.0 Å². The van der Waals surface area contributed by atoms with E-state index in [0.29, 0.717) is 24.8 Å². The maximum Gasteiger partial charge on any atom is 0.324 e. The van der Waals surface area contributed by atoms with Crippen molar-refractivity contribution in [1.82, 2.24) is 15.0 Å². The summed E-state index contributed by atoms with van der Waals surface area (Å²) in [4.78, 5) is 14.3. The largest absolute Gasteiger partial charge is 0.467 e. The Hall–Kier alpha value is -2.10. The number of nitriles is 1. The van der Waals surface area contributed by atoms with Gasteiger partial charge in [-0.3, -0.25) is 0 Å². The second-order valence-corrected chi connectivity index (χ2v) is 4.36. The van der Waals surface area contributed by atoms with Gasteiger partial charge in [0.25, 0.3) is 0 Å². The molecule has 0 N–H and O–H groups in total. The average Bonchev–Trinajstić information content (AvgIpc) is 2.42. The van der Waals surface area contributed by atoms with Crippen molar-refractivity contribution >= 4 is 5.95 Å². The number of methoxy groups -OCH3 is 2. The molecule has 0 saturated carbocycles. The second-order valence-electron chi connectivity index (χ2n) is 4.36. The molecule has 0 aliphatic heterocycles. The Morgan fingerprint density at radius 1 is 1.16 bits per heavy atom. The maximum absolute atomic E-state index is 8.72. The van der Waals surface area contributed by atoms with Crippen molar-refractivity contribution in [2.45, 2.75) is 20.3 Å². The van der Waals surface area contributed by atoms with Crippen molar-refractivity contribution < 1.29 is 9.47 Å². The van der Waals surface area contributed by atoms with E-state index in [1.165, 1.54) is 14.2 Å². The summed E-state index contributed by atoms with van der Waals surface area (Å²) in [6.45, 7) is 5.49. The molecule has 19 heavy (non-hydrogen) atoms. The van der Waals surface area contributed by atoms with Crippen LogP contribution in [0.25, 0.3) is 0 Å². The van der Waals surface area contributed by atoms with Crippen molar-refractivity contribution in [2.75, 3.05) is 32.2 Å². The molecule has 0 bridgehead atoms. The lowest BCUT2D eigenvalue weighted by molar-refractivity contribution is 0.339. The molecule has 1 heterocycles. The zero-order valence-electron chi connectivity index (χ0n) is 11.8. The smallest absolute Gasteiger partial charge is 0.324 e. The third kappa shape index (κ3) is 4.58. The van der Waals surface area contributed by atoms with Gasteiger partial charge in [0, 0.05) is 13.1 Å². The van der Waals surface area contributed by atoms with Gasteiger partial charge in [0.1, 0.15) is 0 Å². The number of rotatable bonds is 7. The number of anilines is 1. The van der Waals surface area contributed by atoms with Crippen LogP contribution >= 0.6 is 0 Å². The molecule has 0 amide bonds. The average molecular weight is 265 g/mol. The van der Waals surface area contributed by atoms with Gasteiger partial charge in [0.15, 0.2) is 0 Å². The molecule has 1 aromatic rings. The first-order chi connectivity index (χ1) is 9.10. The molecule has 7 nitrogen and oxygen atoms in total. The first-order valence-corrected chi connectivity index (χ1v) is 6.06. The lowest BCUT2D eigenvalue weighted by Gasteiger charge is -2.23. The van der Waals surface area contributed by atoms with E-state index in [9.17, 15) is 0 Å². The zero-order valence-corrected chi connectivity index (χ0v) is 11.8. The van der Waals surface area contributed by atoms with Gasteiger partial charge in [-0.1, -0.05) is 13.8 Å². The highest BCUT2D eigenvalue weighted by atomic mass is 16.5. The summed E-state index contributed by atoms with van der Waals surface area (Å²) >= 11 is 0. The highest BCUT2D eigenvalue weighted by Gasteiger charge is 2.15. The van der Waals surface area contributed by atoms with E-state index in [1.54, 1.807) is 0 Å². The van der Waals surface area contributed by atoms with Crippen LogP contribution in [0.1, 0.15) is 20.3 Å². The van der Waals surface area contributed by atoms with Crippen LogP contribution in [-0.4, -0.2) is 42.3 Å². The lowest BCUT2D eigenvalue weighted by Crippen LogP contribution is -2.30. The molecular weight excluding hydrogens is 246 g/mol. The first-order valence-electron chi connectivity index (χ1n) is 6.06. The van der Waals surface area contributed by atoms with E-state index < -0.39 is 0 Å². The summed E-state index contributed by atoms with van der Waals surface area (Å²) in [7, 11) is 2.97. The summed E-state index contributed by atoms with van der Waals surface area (Å²) in [5.74, 6) is 0.889. The third-order valence-electron chi connectivity index (χ3n) is 2.31. The van der Waals surface area contributed by atoms with Crippen LogP contribution in [-0.2, 0) is 0 Å². The van der Waals surface area contributed by atoms with Gasteiger partial charge in [-0.05, 0) is 5.92 Å². The zero-order chi connectivity index (χ0) is 14.3. The summed E-state index contributed by atoms with van der Waals surface area (Å²) in [6.07, 6.45) is 0.406. The molecule has 1 rings (SSSR count). The van der Waals surface area contributed by atoms with Gasteiger partial charge >= 0.3 is 12.0 Å². The number of aromatic nitrogens is 3. The van der Waals surface area contributed by atoms with E-state index in [2.05, 4.69) is 34.9 Å². The molecule has 0 unspecified atom stereocenters. The first kappa shape index (κ1) is 15.0. The lowest BCUT2D eigenvalue weighted by atomic mass is 10.2. The predicted molar refractivity (Wildman–Crippen MR) is 70.2 cm³/mol. The Labute approximate surface area is 113 Å². The molecule has 7 heteroatoms. The van der Waals surface area contributed by atoms with E-state index in [0.717, 1.165) is 6.54 Å².